The first-order chi connectivity index (χ1) is 15.9. The number of likely N-dealkylation sites (tertiary alicyclic amines) is 1. The van der Waals surface area contributed by atoms with Crippen LogP contribution in [0.15, 0.2) is 76.2 Å². The molecule has 0 bridgehead atoms. The van der Waals surface area contributed by atoms with E-state index in [1.165, 1.54) is 24.5 Å². The zero-order chi connectivity index (χ0) is 23.3. The Morgan fingerprint density at radius 3 is 2.48 bits per heavy atom. The molecule has 172 valence electrons. The van der Waals surface area contributed by atoms with E-state index in [4.69, 9.17) is 4.42 Å². The van der Waals surface area contributed by atoms with E-state index < -0.39 is 15.7 Å². The van der Waals surface area contributed by atoms with Crippen LogP contribution in [0.5, 0.6) is 0 Å². The van der Waals surface area contributed by atoms with Crippen molar-refractivity contribution in [2.45, 2.75) is 30.0 Å². The molecule has 8 nitrogen and oxygen atoms in total. The topological polar surface area (TPSA) is 109 Å². The smallest absolute Gasteiger partial charge is 0.321 e. The summed E-state index contributed by atoms with van der Waals surface area (Å²) < 4.78 is 30.6. The summed E-state index contributed by atoms with van der Waals surface area (Å²) >= 11 is 0. The summed E-state index contributed by atoms with van der Waals surface area (Å²) in [5.41, 5.74) is 1.72. The fourth-order valence-electron chi connectivity index (χ4n) is 3.71. The van der Waals surface area contributed by atoms with E-state index in [2.05, 4.69) is 10.6 Å². The molecule has 33 heavy (non-hydrogen) atoms. The second-order valence-corrected chi connectivity index (χ2v) is 9.84. The molecule has 0 unspecified atom stereocenters. The second kappa shape index (κ2) is 9.91. The Kier molecular flexibility index (Phi) is 6.79. The average molecular weight is 468 g/mol. The molecule has 2 aromatic carbocycles. The maximum absolute atomic E-state index is 12.7. The highest BCUT2D eigenvalue weighted by molar-refractivity contribution is 7.90. The molecule has 1 fully saturated rings. The minimum atomic E-state index is -3.61. The van der Waals surface area contributed by atoms with E-state index >= 15 is 0 Å². The first kappa shape index (κ1) is 22.6. The highest BCUT2D eigenvalue weighted by Gasteiger charge is 2.22. The zero-order valence-electron chi connectivity index (χ0n) is 18.0. The molecule has 0 saturated carbocycles. The number of benzene rings is 2. The molecular formula is C24H25N3O5S. The van der Waals surface area contributed by atoms with Crippen molar-refractivity contribution in [3.05, 3.63) is 83.8 Å². The third kappa shape index (κ3) is 5.61. The quantitative estimate of drug-likeness (QED) is 0.549. The SMILES string of the molecule is O=C(NCc1cccc(NC(=O)N2CCCC2)c1)c1occc1CS(=O)(=O)c1ccccc1. The van der Waals surface area contributed by atoms with Crippen LogP contribution in [0, 0.1) is 0 Å². The van der Waals surface area contributed by atoms with Crippen molar-refractivity contribution in [3.8, 4) is 0 Å². The second-order valence-electron chi connectivity index (χ2n) is 7.85. The van der Waals surface area contributed by atoms with Gasteiger partial charge in [-0.25, -0.2) is 13.2 Å². The Morgan fingerprint density at radius 2 is 1.73 bits per heavy atom. The van der Waals surface area contributed by atoms with E-state index in [1.54, 1.807) is 41.3 Å². The lowest BCUT2D eigenvalue weighted by Crippen LogP contribution is -2.32. The molecule has 1 aliphatic heterocycles. The molecule has 1 saturated heterocycles. The number of nitrogens with one attached hydrogen (secondary N) is 2. The lowest BCUT2D eigenvalue weighted by atomic mass is 10.2. The summed E-state index contributed by atoms with van der Waals surface area (Å²) in [5.74, 6) is -0.883. The standard InChI is InChI=1S/C24H25N3O5S/c28-23(22-19(11-14-32-22)17-33(30,31)21-9-2-1-3-10-21)25-16-18-7-6-8-20(15-18)26-24(29)27-12-4-5-13-27/h1-3,6-11,14-15H,4-5,12-13,16-17H2,(H,25,28)(H,26,29). The monoisotopic (exact) mass is 467 g/mol. The van der Waals surface area contributed by atoms with Crippen LogP contribution in [0.2, 0.25) is 0 Å². The first-order valence-corrected chi connectivity index (χ1v) is 12.3. The van der Waals surface area contributed by atoms with Gasteiger partial charge in [0.05, 0.1) is 16.9 Å². The third-order valence-corrected chi connectivity index (χ3v) is 7.11. The molecule has 0 radical (unpaired) electrons. The largest absolute Gasteiger partial charge is 0.459 e. The number of anilines is 1. The number of hydrogen-bond acceptors (Lipinski definition) is 5. The van der Waals surface area contributed by atoms with Gasteiger partial charge in [0.25, 0.3) is 5.91 Å². The molecule has 1 aliphatic rings. The van der Waals surface area contributed by atoms with E-state index in [0.717, 1.165) is 31.5 Å². The molecule has 3 amide bonds. The molecule has 2 N–H and O–H groups in total. The van der Waals surface area contributed by atoms with Crippen LogP contribution in [0.3, 0.4) is 0 Å². The van der Waals surface area contributed by atoms with E-state index in [1.807, 2.05) is 6.07 Å². The third-order valence-electron chi connectivity index (χ3n) is 5.43. The van der Waals surface area contributed by atoms with Gasteiger partial charge in [-0.3, -0.25) is 4.79 Å². The molecule has 1 aromatic heterocycles. The number of hydrogen-bond donors (Lipinski definition) is 2. The average Bonchev–Trinajstić information content (AvgIpc) is 3.51. The molecule has 9 heteroatoms. The van der Waals surface area contributed by atoms with Crippen molar-refractivity contribution >= 4 is 27.5 Å². The van der Waals surface area contributed by atoms with Crippen molar-refractivity contribution in [2.75, 3.05) is 18.4 Å². The van der Waals surface area contributed by atoms with E-state index in [-0.39, 0.29) is 29.0 Å². The van der Waals surface area contributed by atoms with Crippen LogP contribution < -0.4 is 10.6 Å². The van der Waals surface area contributed by atoms with Gasteiger partial charge in [-0.2, -0.15) is 0 Å². The lowest BCUT2D eigenvalue weighted by molar-refractivity contribution is 0.0922. The Morgan fingerprint density at radius 1 is 0.970 bits per heavy atom. The molecule has 0 spiro atoms. The van der Waals surface area contributed by atoms with Gasteiger partial charge in [0.2, 0.25) is 0 Å². The summed E-state index contributed by atoms with van der Waals surface area (Å²) in [6.07, 6.45) is 3.33. The minimum Gasteiger partial charge on any atom is -0.459 e. The number of amides is 3. The minimum absolute atomic E-state index is 0.0343. The zero-order valence-corrected chi connectivity index (χ0v) is 18.8. The summed E-state index contributed by atoms with van der Waals surface area (Å²) in [7, 11) is -3.61. The molecule has 3 aromatic rings. The number of sulfone groups is 1. The van der Waals surface area contributed by atoms with Crippen molar-refractivity contribution < 1.29 is 22.4 Å². The number of carbonyl (C=O) groups is 2. The van der Waals surface area contributed by atoms with Crippen LogP contribution in [0.25, 0.3) is 0 Å². The van der Waals surface area contributed by atoms with E-state index in [9.17, 15) is 18.0 Å². The predicted octanol–water partition coefficient (Wildman–Crippen LogP) is 3.81. The van der Waals surface area contributed by atoms with Crippen LogP contribution in [-0.4, -0.2) is 38.3 Å². The number of nitrogens with zero attached hydrogens (tertiary/aromatic N) is 1. The Hall–Kier alpha value is -3.59. The summed E-state index contributed by atoms with van der Waals surface area (Å²) in [6, 6.07) is 16.6. The summed E-state index contributed by atoms with van der Waals surface area (Å²) in [5, 5.41) is 5.63. The fourth-order valence-corrected chi connectivity index (χ4v) is 5.08. The maximum atomic E-state index is 12.7. The number of carbonyl (C=O) groups excluding carboxylic acids is 2. The Bertz CT molecular complexity index is 1230. The van der Waals surface area contributed by atoms with Crippen molar-refractivity contribution in [1.82, 2.24) is 10.2 Å². The molecule has 0 aliphatic carbocycles. The van der Waals surface area contributed by atoms with Crippen LogP contribution in [0.4, 0.5) is 10.5 Å². The highest BCUT2D eigenvalue weighted by Crippen LogP contribution is 2.20. The molecular weight excluding hydrogens is 442 g/mol. The van der Waals surface area contributed by atoms with Crippen molar-refractivity contribution in [3.63, 3.8) is 0 Å². The predicted molar refractivity (Wildman–Crippen MR) is 123 cm³/mol. The molecule has 0 atom stereocenters. The highest BCUT2D eigenvalue weighted by atomic mass is 32.2. The van der Waals surface area contributed by atoms with Gasteiger partial charge in [0.1, 0.15) is 0 Å². The van der Waals surface area contributed by atoms with Gasteiger partial charge < -0.3 is 20.0 Å². The number of rotatable bonds is 7. The van der Waals surface area contributed by atoms with E-state index in [0.29, 0.717) is 11.3 Å². The Labute approximate surface area is 192 Å². The van der Waals surface area contributed by atoms with Gasteiger partial charge in [0.15, 0.2) is 15.6 Å². The van der Waals surface area contributed by atoms with Gasteiger partial charge >= 0.3 is 6.03 Å². The molecule has 4 rings (SSSR count). The van der Waals surface area contributed by atoms with Gasteiger partial charge in [-0.1, -0.05) is 30.3 Å². The van der Waals surface area contributed by atoms with Crippen molar-refractivity contribution in [2.24, 2.45) is 0 Å². The summed E-state index contributed by atoms with van der Waals surface area (Å²) in [4.78, 5) is 26.9. The van der Waals surface area contributed by atoms with Gasteiger partial charge in [-0.15, -0.1) is 0 Å². The number of urea groups is 1. The van der Waals surface area contributed by atoms with Gasteiger partial charge in [-0.05, 0) is 48.7 Å². The Balaban J connectivity index is 1.38. The van der Waals surface area contributed by atoms with Gasteiger partial charge in [0, 0.05) is 30.9 Å². The molecule has 2 heterocycles. The van der Waals surface area contributed by atoms with Crippen LogP contribution in [-0.2, 0) is 22.1 Å². The number of furan rings is 1. The van der Waals surface area contributed by atoms with Crippen molar-refractivity contribution in [1.29, 1.82) is 0 Å². The first-order valence-electron chi connectivity index (χ1n) is 10.7. The fraction of sp³-hybridized carbons (Fsp3) is 0.250. The lowest BCUT2D eigenvalue weighted by Gasteiger charge is -2.16. The maximum Gasteiger partial charge on any atom is 0.321 e. The van der Waals surface area contributed by atoms with Crippen LogP contribution >= 0.6 is 0 Å². The summed E-state index contributed by atoms with van der Waals surface area (Å²) in [6.45, 7) is 1.71. The normalized spacial score (nSPS) is 13.6. The van der Waals surface area contributed by atoms with Crippen LogP contribution in [0.1, 0.15) is 34.5 Å².